The maximum Gasteiger partial charge on any atom is 0.121 e. The molecule has 2 aromatic carbocycles. The van der Waals surface area contributed by atoms with Crippen LogP contribution in [0.5, 0.6) is 5.75 Å². The topological polar surface area (TPSA) is 33.3 Å². The van der Waals surface area contributed by atoms with Crippen molar-refractivity contribution >= 4 is 11.4 Å². The molecular formula is C19H26N2O. The largest absolute Gasteiger partial charge is 0.493 e. The molecule has 0 atom stereocenters. The highest BCUT2D eigenvalue weighted by atomic mass is 16.5. The molecule has 2 rings (SSSR count). The highest BCUT2D eigenvalue weighted by Gasteiger charge is 1.99. The van der Waals surface area contributed by atoms with E-state index in [1.165, 1.54) is 5.56 Å². The molecule has 3 heteroatoms. The number of aryl methyl sites for hydroxylation is 1. The molecule has 0 aliphatic carbocycles. The van der Waals surface area contributed by atoms with Crippen molar-refractivity contribution in [3.63, 3.8) is 0 Å². The van der Waals surface area contributed by atoms with E-state index in [-0.39, 0.29) is 0 Å². The number of rotatable bonds is 8. The molecule has 0 aromatic heterocycles. The Labute approximate surface area is 133 Å². The lowest BCUT2D eigenvalue weighted by atomic mass is 10.2. The first kappa shape index (κ1) is 16.2. The summed E-state index contributed by atoms with van der Waals surface area (Å²) in [7, 11) is 0. The quantitative estimate of drug-likeness (QED) is 0.701. The molecule has 0 aliphatic heterocycles. The zero-order chi connectivity index (χ0) is 15.8. The Morgan fingerprint density at radius 1 is 0.909 bits per heavy atom. The summed E-state index contributed by atoms with van der Waals surface area (Å²) in [6, 6.07) is 16.6. The Hall–Kier alpha value is -2.16. The third-order valence-corrected chi connectivity index (χ3v) is 3.25. The van der Waals surface area contributed by atoms with Crippen LogP contribution in [0.3, 0.4) is 0 Å². The van der Waals surface area contributed by atoms with Gasteiger partial charge in [-0.25, -0.2) is 0 Å². The molecule has 0 fully saturated rings. The van der Waals surface area contributed by atoms with Crippen molar-refractivity contribution in [3.8, 4) is 5.75 Å². The Kier molecular flexibility index (Phi) is 6.13. The number of nitrogens with one attached hydrogen (secondary N) is 2. The fraction of sp³-hybridized carbons (Fsp3) is 0.368. The minimum absolute atomic E-state index is 0.537. The van der Waals surface area contributed by atoms with Crippen LogP contribution in [0.25, 0.3) is 0 Å². The van der Waals surface area contributed by atoms with Gasteiger partial charge < -0.3 is 15.4 Å². The Balaban J connectivity index is 1.74. The van der Waals surface area contributed by atoms with Crippen LogP contribution in [0, 0.1) is 12.8 Å². The number of ether oxygens (including phenoxy) is 1. The summed E-state index contributed by atoms with van der Waals surface area (Å²) >= 11 is 0. The van der Waals surface area contributed by atoms with Crippen LogP contribution in [0.2, 0.25) is 0 Å². The second-order valence-electron chi connectivity index (χ2n) is 5.95. The lowest BCUT2D eigenvalue weighted by molar-refractivity contribution is 0.271. The molecule has 0 bridgehead atoms. The Morgan fingerprint density at radius 3 is 2.27 bits per heavy atom. The van der Waals surface area contributed by atoms with Crippen LogP contribution in [-0.4, -0.2) is 19.7 Å². The van der Waals surface area contributed by atoms with Crippen LogP contribution in [0.15, 0.2) is 48.5 Å². The van der Waals surface area contributed by atoms with E-state index < -0.39 is 0 Å². The van der Waals surface area contributed by atoms with Crippen LogP contribution in [-0.2, 0) is 0 Å². The summed E-state index contributed by atoms with van der Waals surface area (Å²) in [4.78, 5) is 0. The van der Waals surface area contributed by atoms with Crippen molar-refractivity contribution in [3.05, 3.63) is 54.1 Å². The second-order valence-corrected chi connectivity index (χ2v) is 5.95. The monoisotopic (exact) mass is 298 g/mol. The van der Waals surface area contributed by atoms with E-state index >= 15 is 0 Å². The smallest absolute Gasteiger partial charge is 0.121 e. The first-order valence-electron chi connectivity index (χ1n) is 7.91. The van der Waals surface area contributed by atoms with Crippen molar-refractivity contribution in [1.82, 2.24) is 0 Å². The molecule has 0 saturated heterocycles. The lowest BCUT2D eigenvalue weighted by Gasteiger charge is -2.12. The van der Waals surface area contributed by atoms with Gasteiger partial charge in [0.2, 0.25) is 0 Å². The SMILES string of the molecule is Cc1ccc(NCCNc2cccc(OCC(C)C)c2)cc1. The minimum atomic E-state index is 0.537. The minimum Gasteiger partial charge on any atom is -0.493 e. The van der Waals surface area contributed by atoms with E-state index in [0.29, 0.717) is 5.92 Å². The fourth-order valence-electron chi connectivity index (χ4n) is 2.04. The van der Waals surface area contributed by atoms with Gasteiger partial charge in [-0.3, -0.25) is 0 Å². The first-order chi connectivity index (χ1) is 10.6. The molecule has 2 N–H and O–H groups in total. The normalized spacial score (nSPS) is 10.5. The molecule has 22 heavy (non-hydrogen) atoms. The van der Waals surface area contributed by atoms with E-state index in [0.717, 1.165) is 36.8 Å². The summed E-state index contributed by atoms with van der Waals surface area (Å²) in [5, 5.41) is 6.81. The Morgan fingerprint density at radius 2 is 1.59 bits per heavy atom. The third kappa shape index (κ3) is 5.68. The molecule has 0 spiro atoms. The third-order valence-electron chi connectivity index (χ3n) is 3.25. The highest BCUT2D eigenvalue weighted by molar-refractivity contribution is 5.49. The molecule has 0 unspecified atom stereocenters. The van der Waals surface area contributed by atoms with E-state index in [9.17, 15) is 0 Å². The van der Waals surface area contributed by atoms with Gasteiger partial charge in [-0.15, -0.1) is 0 Å². The van der Waals surface area contributed by atoms with Gasteiger partial charge in [0.15, 0.2) is 0 Å². The molecule has 0 aliphatic rings. The van der Waals surface area contributed by atoms with Crippen molar-refractivity contribution in [2.45, 2.75) is 20.8 Å². The lowest BCUT2D eigenvalue weighted by Crippen LogP contribution is -2.13. The average molecular weight is 298 g/mol. The number of hydrogen-bond acceptors (Lipinski definition) is 3. The maximum absolute atomic E-state index is 5.74. The van der Waals surface area contributed by atoms with E-state index in [2.05, 4.69) is 61.7 Å². The zero-order valence-corrected chi connectivity index (χ0v) is 13.7. The number of benzene rings is 2. The van der Waals surface area contributed by atoms with Gasteiger partial charge in [-0.05, 0) is 37.1 Å². The summed E-state index contributed by atoms with van der Waals surface area (Å²) < 4.78 is 5.74. The van der Waals surface area contributed by atoms with Crippen LogP contribution >= 0.6 is 0 Å². The second kappa shape index (κ2) is 8.32. The predicted molar refractivity (Wildman–Crippen MR) is 94.9 cm³/mol. The first-order valence-corrected chi connectivity index (χ1v) is 7.91. The molecule has 0 amide bonds. The van der Waals surface area contributed by atoms with E-state index in [4.69, 9.17) is 4.74 Å². The summed E-state index contributed by atoms with van der Waals surface area (Å²) in [5.41, 5.74) is 3.52. The zero-order valence-electron chi connectivity index (χ0n) is 13.7. The van der Waals surface area contributed by atoms with Crippen molar-refractivity contribution in [2.24, 2.45) is 5.92 Å². The molecule has 0 saturated carbocycles. The molecular weight excluding hydrogens is 272 g/mol. The van der Waals surface area contributed by atoms with Crippen LogP contribution in [0.4, 0.5) is 11.4 Å². The van der Waals surface area contributed by atoms with Gasteiger partial charge >= 0.3 is 0 Å². The fourth-order valence-corrected chi connectivity index (χ4v) is 2.04. The van der Waals surface area contributed by atoms with Crippen LogP contribution in [0.1, 0.15) is 19.4 Å². The van der Waals surface area contributed by atoms with Gasteiger partial charge in [0.1, 0.15) is 5.75 Å². The predicted octanol–water partition coefficient (Wildman–Crippen LogP) is 4.55. The number of hydrogen-bond donors (Lipinski definition) is 2. The number of anilines is 2. The summed E-state index contributed by atoms with van der Waals surface area (Å²) in [6.45, 7) is 8.89. The highest BCUT2D eigenvalue weighted by Crippen LogP contribution is 2.17. The molecule has 118 valence electrons. The Bertz CT molecular complexity index is 564. The van der Waals surface area contributed by atoms with Gasteiger partial charge in [0, 0.05) is 30.5 Å². The van der Waals surface area contributed by atoms with Crippen molar-refractivity contribution in [1.29, 1.82) is 0 Å². The van der Waals surface area contributed by atoms with Gasteiger partial charge in [0.25, 0.3) is 0 Å². The van der Waals surface area contributed by atoms with Gasteiger partial charge in [-0.1, -0.05) is 37.6 Å². The molecule has 0 heterocycles. The summed E-state index contributed by atoms with van der Waals surface area (Å²) in [6.07, 6.45) is 0. The molecule has 0 radical (unpaired) electrons. The molecule has 3 nitrogen and oxygen atoms in total. The van der Waals surface area contributed by atoms with Crippen molar-refractivity contribution in [2.75, 3.05) is 30.3 Å². The van der Waals surface area contributed by atoms with Gasteiger partial charge in [0.05, 0.1) is 6.61 Å². The van der Waals surface area contributed by atoms with Crippen LogP contribution < -0.4 is 15.4 Å². The van der Waals surface area contributed by atoms with Gasteiger partial charge in [-0.2, -0.15) is 0 Å². The summed E-state index contributed by atoms with van der Waals surface area (Å²) in [5.74, 6) is 1.46. The van der Waals surface area contributed by atoms with E-state index in [1.54, 1.807) is 0 Å². The van der Waals surface area contributed by atoms with E-state index in [1.807, 2.05) is 18.2 Å². The standard InChI is InChI=1S/C19H26N2O/c1-15(2)14-22-19-6-4-5-18(13-19)21-12-11-20-17-9-7-16(3)8-10-17/h4-10,13,15,20-21H,11-12,14H2,1-3H3. The average Bonchev–Trinajstić information content (AvgIpc) is 2.52. The molecule has 2 aromatic rings. The maximum atomic E-state index is 5.74. The van der Waals surface area contributed by atoms with Crippen molar-refractivity contribution < 1.29 is 4.74 Å².